The summed E-state index contributed by atoms with van der Waals surface area (Å²) in [5, 5.41) is 4.81. The summed E-state index contributed by atoms with van der Waals surface area (Å²) in [5.41, 5.74) is 3.11. The first kappa shape index (κ1) is 22.6. The second-order valence-electron chi connectivity index (χ2n) is 7.36. The van der Waals surface area contributed by atoms with Crippen molar-refractivity contribution in [3.8, 4) is 0 Å². The van der Waals surface area contributed by atoms with Crippen molar-refractivity contribution in [1.29, 1.82) is 0 Å². The van der Waals surface area contributed by atoms with Gasteiger partial charge in [0.05, 0.1) is 12.3 Å². The van der Waals surface area contributed by atoms with Crippen LogP contribution < -0.4 is 5.32 Å². The van der Waals surface area contributed by atoms with Crippen LogP contribution in [0.3, 0.4) is 0 Å². The Bertz CT molecular complexity index is 909. The van der Waals surface area contributed by atoms with Crippen molar-refractivity contribution in [1.82, 2.24) is 4.90 Å². The molecule has 160 valence electrons. The zero-order valence-corrected chi connectivity index (χ0v) is 18.8. The number of carbonyl (C=O) groups excluding carboxylic acids is 1. The molecule has 1 aliphatic heterocycles. The summed E-state index contributed by atoms with van der Waals surface area (Å²) < 4.78 is 5.05. The highest BCUT2D eigenvalue weighted by molar-refractivity contribution is 6.36. The SMILES string of the molecule is CCOC(=O)CN=C(c1ccccc1Cl)c1cc(Cl)ccc1NC1CCN(C)CC1. The Labute approximate surface area is 188 Å². The Morgan fingerprint density at radius 2 is 1.90 bits per heavy atom. The number of esters is 1. The molecular formula is C23H27Cl2N3O2. The topological polar surface area (TPSA) is 53.9 Å². The summed E-state index contributed by atoms with van der Waals surface area (Å²) in [6, 6.07) is 13.5. The highest BCUT2D eigenvalue weighted by Crippen LogP contribution is 2.29. The van der Waals surface area contributed by atoms with Crippen molar-refractivity contribution in [3.05, 3.63) is 63.6 Å². The smallest absolute Gasteiger partial charge is 0.327 e. The number of hydrogen-bond donors (Lipinski definition) is 1. The number of anilines is 1. The lowest BCUT2D eigenvalue weighted by molar-refractivity contribution is -0.141. The fraction of sp³-hybridized carbons (Fsp3) is 0.391. The van der Waals surface area contributed by atoms with E-state index in [1.165, 1.54) is 0 Å². The number of nitrogens with zero attached hydrogens (tertiary/aromatic N) is 2. The third-order valence-electron chi connectivity index (χ3n) is 5.12. The van der Waals surface area contributed by atoms with Crippen LogP contribution in [0.25, 0.3) is 0 Å². The van der Waals surface area contributed by atoms with Crippen molar-refractivity contribution in [2.45, 2.75) is 25.8 Å². The third-order valence-corrected chi connectivity index (χ3v) is 5.68. The van der Waals surface area contributed by atoms with Gasteiger partial charge in [0.2, 0.25) is 0 Å². The summed E-state index contributed by atoms with van der Waals surface area (Å²) in [7, 11) is 2.14. The standard InChI is InChI=1S/C23H27Cl2N3O2/c1-3-30-22(29)15-26-23(18-6-4-5-7-20(18)25)19-14-16(24)8-9-21(19)27-17-10-12-28(2)13-11-17/h4-9,14,17,27H,3,10-13,15H2,1-2H3. The number of aliphatic imine (C=N–C) groups is 1. The van der Waals surface area contributed by atoms with E-state index in [9.17, 15) is 4.79 Å². The minimum Gasteiger partial charge on any atom is -0.465 e. The van der Waals surface area contributed by atoms with Crippen molar-refractivity contribution in [2.75, 3.05) is 38.6 Å². The molecule has 0 radical (unpaired) electrons. The van der Waals surface area contributed by atoms with Crippen LogP contribution in [0, 0.1) is 0 Å². The molecule has 5 nitrogen and oxygen atoms in total. The predicted octanol–water partition coefficient (Wildman–Crippen LogP) is 4.90. The van der Waals surface area contributed by atoms with Crippen molar-refractivity contribution >= 4 is 40.6 Å². The van der Waals surface area contributed by atoms with E-state index in [4.69, 9.17) is 27.9 Å². The maximum atomic E-state index is 12.0. The molecule has 7 heteroatoms. The van der Waals surface area contributed by atoms with E-state index < -0.39 is 0 Å². The highest BCUT2D eigenvalue weighted by atomic mass is 35.5. The average Bonchev–Trinajstić information content (AvgIpc) is 2.73. The van der Waals surface area contributed by atoms with Crippen LogP contribution in [0.15, 0.2) is 47.5 Å². The largest absolute Gasteiger partial charge is 0.465 e. The molecule has 0 unspecified atom stereocenters. The van der Waals surface area contributed by atoms with Crippen LogP contribution in [0.4, 0.5) is 5.69 Å². The molecule has 1 fully saturated rings. The zero-order chi connectivity index (χ0) is 21.5. The molecule has 1 N–H and O–H groups in total. The molecule has 1 aliphatic rings. The molecule has 30 heavy (non-hydrogen) atoms. The van der Waals surface area contributed by atoms with E-state index in [1.54, 1.807) is 6.92 Å². The third kappa shape index (κ3) is 5.97. The Balaban J connectivity index is 1.99. The lowest BCUT2D eigenvalue weighted by Crippen LogP contribution is -2.37. The molecule has 0 aliphatic carbocycles. The van der Waals surface area contributed by atoms with E-state index in [-0.39, 0.29) is 12.5 Å². The van der Waals surface area contributed by atoms with Gasteiger partial charge in [-0.3, -0.25) is 9.79 Å². The minimum absolute atomic E-state index is 0.0887. The van der Waals surface area contributed by atoms with Crippen LogP contribution in [0.2, 0.25) is 10.0 Å². The van der Waals surface area contributed by atoms with Gasteiger partial charge >= 0.3 is 5.97 Å². The summed E-state index contributed by atoms with van der Waals surface area (Å²) in [5.74, 6) is -0.381. The molecule has 1 saturated heterocycles. The quantitative estimate of drug-likeness (QED) is 0.484. The molecule has 1 heterocycles. The van der Waals surface area contributed by atoms with Gasteiger partial charge in [0, 0.05) is 32.9 Å². The summed E-state index contributed by atoms with van der Waals surface area (Å²) in [6.45, 7) is 4.10. The Morgan fingerprint density at radius 3 is 2.60 bits per heavy atom. The van der Waals surface area contributed by atoms with Gasteiger partial charge in [0.25, 0.3) is 0 Å². The summed E-state index contributed by atoms with van der Waals surface area (Å²) in [6.07, 6.45) is 2.11. The van der Waals surface area contributed by atoms with Gasteiger partial charge in [-0.25, -0.2) is 0 Å². The fourth-order valence-electron chi connectivity index (χ4n) is 3.53. The summed E-state index contributed by atoms with van der Waals surface area (Å²) in [4.78, 5) is 18.9. The Hall–Kier alpha value is -2.08. The molecular weight excluding hydrogens is 421 g/mol. The average molecular weight is 448 g/mol. The number of likely N-dealkylation sites (tertiary alicyclic amines) is 1. The number of piperidine rings is 1. The lowest BCUT2D eigenvalue weighted by Gasteiger charge is -2.31. The first-order valence-corrected chi connectivity index (χ1v) is 10.9. The maximum Gasteiger partial charge on any atom is 0.327 e. The van der Waals surface area contributed by atoms with Crippen LogP contribution in [0.1, 0.15) is 30.9 Å². The number of benzene rings is 2. The lowest BCUT2D eigenvalue weighted by atomic mass is 9.98. The normalized spacial score (nSPS) is 15.8. The van der Waals surface area contributed by atoms with Crippen LogP contribution >= 0.6 is 23.2 Å². The zero-order valence-electron chi connectivity index (χ0n) is 17.3. The molecule has 2 aromatic carbocycles. The van der Waals surface area contributed by atoms with Crippen molar-refractivity contribution < 1.29 is 9.53 Å². The molecule has 0 saturated carbocycles. The number of hydrogen-bond acceptors (Lipinski definition) is 5. The van der Waals surface area contributed by atoms with Gasteiger partial charge in [0.15, 0.2) is 0 Å². The number of carbonyl (C=O) groups is 1. The monoisotopic (exact) mass is 447 g/mol. The number of nitrogens with one attached hydrogen (secondary N) is 1. The molecule has 3 rings (SSSR count). The van der Waals surface area contributed by atoms with Crippen molar-refractivity contribution in [3.63, 3.8) is 0 Å². The van der Waals surface area contributed by atoms with Crippen LogP contribution in [-0.4, -0.2) is 55.9 Å². The van der Waals surface area contributed by atoms with Gasteiger partial charge in [-0.1, -0.05) is 41.4 Å². The Morgan fingerprint density at radius 1 is 1.17 bits per heavy atom. The molecule has 0 aromatic heterocycles. The van der Waals surface area contributed by atoms with Crippen LogP contribution in [0.5, 0.6) is 0 Å². The number of ether oxygens (including phenoxy) is 1. The maximum absolute atomic E-state index is 12.0. The van der Waals surface area contributed by atoms with Crippen LogP contribution in [-0.2, 0) is 9.53 Å². The first-order valence-electron chi connectivity index (χ1n) is 10.2. The molecule has 0 spiro atoms. The molecule has 0 bridgehead atoms. The van der Waals surface area contributed by atoms with E-state index in [0.29, 0.717) is 28.4 Å². The molecule has 0 amide bonds. The Kier molecular flexibility index (Phi) is 8.14. The van der Waals surface area contributed by atoms with Crippen molar-refractivity contribution in [2.24, 2.45) is 4.99 Å². The first-order chi connectivity index (χ1) is 14.5. The van der Waals surface area contributed by atoms with E-state index in [1.807, 2.05) is 42.5 Å². The highest BCUT2D eigenvalue weighted by Gasteiger charge is 2.20. The van der Waals surface area contributed by atoms with E-state index in [0.717, 1.165) is 42.7 Å². The van der Waals surface area contributed by atoms with Gasteiger partial charge in [-0.05, 0) is 64.2 Å². The summed E-state index contributed by atoms with van der Waals surface area (Å²) >= 11 is 12.8. The van der Waals surface area contributed by atoms with E-state index >= 15 is 0 Å². The van der Waals surface area contributed by atoms with Gasteiger partial charge in [-0.2, -0.15) is 0 Å². The molecule has 2 aromatic rings. The molecule has 0 atom stereocenters. The number of halogens is 2. The second kappa shape index (κ2) is 10.8. The predicted molar refractivity (Wildman–Crippen MR) is 124 cm³/mol. The van der Waals surface area contributed by atoms with Gasteiger partial charge in [0.1, 0.15) is 6.54 Å². The van der Waals surface area contributed by atoms with E-state index in [2.05, 4.69) is 22.3 Å². The second-order valence-corrected chi connectivity index (χ2v) is 8.21. The minimum atomic E-state index is -0.381. The van der Waals surface area contributed by atoms with Gasteiger partial charge in [-0.15, -0.1) is 0 Å². The van der Waals surface area contributed by atoms with Gasteiger partial charge < -0.3 is 15.0 Å². The number of rotatable bonds is 7. The fourth-order valence-corrected chi connectivity index (χ4v) is 3.93.